The summed E-state index contributed by atoms with van der Waals surface area (Å²) in [6.45, 7) is 10.0. The lowest BCUT2D eigenvalue weighted by molar-refractivity contribution is -0.119. The van der Waals surface area contributed by atoms with Gasteiger partial charge in [-0.05, 0) is 40.0 Å². The molecule has 1 saturated heterocycles. The molecule has 0 spiro atoms. The van der Waals surface area contributed by atoms with E-state index in [1.165, 1.54) is 0 Å². The quantitative estimate of drug-likeness (QED) is 0.759. The summed E-state index contributed by atoms with van der Waals surface area (Å²) in [6, 6.07) is 0.107. The molecule has 6 nitrogen and oxygen atoms in total. The summed E-state index contributed by atoms with van der Waals surface area (Å²) in [5.74, 6) is 0.439. The molecule has 21 heavy (non-hydrogen) atoms. The Morgan fingerprint density at radius 3 is 2.48 bits per heavy atom. The van der Waals surface area contributed by atoms with Crippen LogP contribution in [-0.2, 0) is 14.2 Å². The molecule has 1 N–H and O–H groups in total. The number of carbonyl (C=O) groups is 1. The fraction of sp³-hybridized carbons (Fsp3) is 0.933. The molecule has 2 atom stereocenters. The van der Waals surface area contributed by atoms with Crippen molar-refractivity contribution < 1.29 is 19.0 Å². The predicted octanol–water partition coefficient (Wildman–Crippen LogP) is 1.84. The third-order valence-electron chi connectivity index (χ3n) is 3.54. The van der Waals surface area contributed by atoms with E-state index in [4.69, 9.17) is 14.2 Å². The standard InChI is InChI=1S/C15H30N2O4/c1-11(13(19-5)20-6)16-9-12-7-8-17(10-12)14(18)21-15(2,3)4/h11-13,16H,7-10H2,1-6H3. The van der Waals surface area contributed by atoms with Crippen LogP contribution < -0.4 is 5.32 Å². The molecule has 6 heteroatoms. The van der Waals surface area contributed by atoms with Gasteiger partial charge in [0.2, 0.25) is 0 Å². The van der Waals surface area contributed by atoms with E-state index in [0.29, 0.717) is 5.92 Å². The minimum atomic E-state index is -0.438. The van der Waals surface area contributed by atoms with Crippen LogP contribution in [0.1, 0.15) is 34.1 Å². The van der Waals surface area contributed by atoms with Crippen LogP contribution in [0.15, 0.2) is 0 Å². The van der Waals surface area contributed by atoms with E-state index in [1.54, 1.807) is 19.1 Å². The molecule has 0 bridgehead atoms. The number of methoxy groups -OCH3 is 2. The fourth-order valence-electron chi connectivity index (χ4n) is 2.44. The van der Waals surface area contributed by atoms with Crippen molar-refractivity contribution in [3.63, 3.8) is 0 Å². The molecule has 1 rings (SSSR count). The largest absolute Gasteiger partial charge is 0.444 e. The van der Waals surface area contributed by atoms with Crippen molar-refractivity contribution in [3.8, 4) is 0 Å². The number of hydrogen-bond donors (Lipinski definition) is 1. The number of rotatable bonds is 6. The summed E-state index contributed by atoms with van der Waals surface area (Å²) >= 11 is 0. The van der Waals surface area contributed by atoms with Gasteiger partial charge in [0.15, 0.2) is 6.29 Å². The maximum Gasteiger partial charge on any atom is 0.410 e. The lowest BCUT2D eigenvalue weighted by atomic mass is 10.1. The van der Waals surface area contributed by atoms with Gasteiger partial charge < -0.3 is 24.4 Å². The normalized spacial score (nSPS) is 20.9. The van der Waals surface area contributed by atoms with Crippen molar-refractivity contribution >= 4 is 6.09 Å². The zero-order valence-corrected chi connectivity index (χ0v) is 14.1. The molecule has 0 aliphatic carbocycles. The second-order valence-electron chi connectivity index (χ2n) is 6.62. The fourth-order valence-corrected chi connectivity index (χ4v) is 2.44. The molecule has 0 saturated carbocycles. The first-order chi connectivity index (χ1) is 9.76. The maximum absolute atomic E-state index is 12.0. The van der Waals surface area contributed by atoms with Gasteiger partial charge in [0.05, 0.1) is 6.04 Å². The second kappa shape index (κ2) is 7.96. The highest BCUT2D eigenvalue weighted by Gasteiger charge is 2.30. The predicted molar refractivity (Wildman–Crippen MR) is 81.2 cm³/mol. The molecular weight excluding hydrogens is 272 g/mol. The summed E-state index contributed by atoms with van der Waals surface area (Å²) in [6.07, 6.45) is 0.516. The average molecular weight is 302 g/mol. The molecule has 1 aliphatic rings. The number of amides is 1. The zero-order chi connectivity index (χ0) is 16.0. The zero-order valence-electron chi connectivity index (χ0n) is 14.1. The van der Waals surface area contributed by atoms with E-state index in [1.807, 2.05) is 27.7 Å². The summed E-state index contributed by atoms with van der Waals surface area (Å²) in [4.78, 5) is 13.8. The van der Waals surface area contributed by atoms with E-state index in [2.05, 4.69) is 5.32 Å². The molecule has 0 aromatic carbocycles. The lowest BCUT2D eigenvalue weighted by Gasteiger charge is -2.25. The van der Waals surface area contributed by atoms with E-state index in [9.17, 15) is 4.79 Å². The van der Waals surface area contributed by atoms with E-state index in [0.717, 1.165) is 26.1 Å². The number of likely N-dealkylation sites (tertiary alicyclic amines) is 1. The van der Waals surface area contributed by atoms with Crippen molar-refractivity contribution in [2.24, 2.45) is 5.92 Å². The minimum Gasteiger partial charge on any atom is -0.444 e. The third-order valence-corrected chi connectivity index (χ3v) is 3.54. The number of carbonyl (C=O) groups excluding carboxylic acids is 1. The van der Waals surface area contributed by atoms with E-state index >= 15 is 0 Å². The van der Waals surface area contributed by atoms with E-state index < -0.39 is 5.60 Å². The number of ether oxygens (including phenoxy) is 3. The van der Waals surface area contributed by atoms with Gasteiger partial charge >= 0.3 is 6.09 Å². The number of hydrogen-bond acceptors (Lipinski definition) is 5. The SMILES string of the molecule is COC(OC)C(C)NCC1CCN(C(=O)OC(C)(C)C)C1. The van der Waals surface area contributed by atoms with Crippen LogP contribution in [0.25, 0.3) is 0 Å². The Kier molecular flexibility index (Phi) is 6.90. The Morgan fingerprint density at radius 2 is 1.95 bits per heavy atom. The summed E-state index contributed by atoms with van der Waals surface area (Å²) < 4.78 is 15.8. The lowest BCUT2D eigenvalue weighted by Crippen LogP contribution is -2.42. The van der Waals surface area contributed by atoms with Gasteiger partial charge in [0.25, 0.3) is 0 Å². The summed E-state index contributed by atoms with van der Waals surface area (Å²) in [5.41, 5.74) is -0.438. The van der Waals surface area contributed by atoms with Crippen LogP contribution in [-0.4, -0.2) is 62.8 Å². The minimum absolute atomic E-state index is 0.107. The molecule has 2 unspecified atom stereocenters. The van der Waals surface area contributed by atoms with Gasteiger partial charge in [-0.1, -0.05) is 0 Å². The van der Waals surface area contributed by atoms with Crippen molar-refractivity contribution in [3.05, 3.63) is 0 Å². The summed E-state index contributed by atoms with van der Waals surface area (Å²) in [5, 5.41) is 3.41. The third kappa shape index (κ3) is 6.20. The van der Waals surface area contributed by atoms with Crippen molar-refractivity contribution in [2.75, 3.05) is 33.9 Å². The first-order valence-electron chi connectivity index (χ1n) is 7.53. The first-order valence-corrected chi connectivity index (χ1v) is 7.53. The van der Waals surface area contributed by atoms with Gasteiger partial charge in [0, 0.05) is 33.9 Å². The van der Waals surface area contributed by atoms with Crippen LogP contribution in [0.4, 0.5) is 4.79 Å². The molecule has 1 amide bonds. The van der Waals surface area contributed by atoms with Gasteiger partial charge in [-0.25, -0.2) is 4.79 Å². The van der Waals surface area contributed by atoms with Crippen LogP contribution in [0.5, 0.6) is 0 Å². The number of nitrogens with one attached hydrogen (secondary N) is 1. The highest BCUT2D eigenvalue weighted by Crippen LogP contribution is 2.19. The van der Waals surface area contributed by atoms with Crippen LogP contribution >= 0.6 is 0 Å². The molecule has 0 aromatic heterocycles. The van der Waals surface area contributed by atoms with E-state index in [-0.39, 0.29) is 18.4 Å². The summed E-state index contributed by atoms with van der Waals surface area (Å²) in [7, 11) is 3.26. The highest BCUT2D eigenvalue weighted by atomic mass is 16.7. The van der Waals surface area contributed by atoms with Crippen LogP contribution in [0.2, 0.25) is 0 Å². The number of nitrogens with zero attached hydrogens (tertiary/aromatic N) is 1. The van der Waals surface area contributed by atoms with Gasteiger partial charge in [-0.15, -0.1) is 0 Å². The molecule has 1 heterocycles. The Labute approximate surface area is 128 Å². The highest BCUT2D eigenvalue weighted by molar-refractivity contribution is 5.68. The average Bonchev–Trinajstić information content (AvgIpc) is 2.84. The molecule has 0 aromatic rings. The Hall–Kier alpha value is -0.850. The van der Waals surface area contributed by atoms with Crippen molar-refractivity contribution in [1.29, 1.82) is 0 Å². The molecule has 1 aliphatic heterocycles. The Balaban J connectivity index is 2.33. The van der Waals surface area contributed by atoms with Gasteiger partial charge in [-0.3, -0.25) is 0 Å². The van der Waals surface area contributed by atoms with Gasteiger partial charge in [0.1, 0.15) is 5.60 Å². The van der Waals surface area contributed by atoms with Crippen LogP contribution in [0, 0.1) is 5.92 Å². The van der Waals surface area contributed by atoms with Gasteiger partial charge in [-0.2, -0.15) is 0 Å². The molecule has 0 radical (unpaired) electrons. The van der Waals surface area contributed by atoms with Crippen LogP contribution in [0.3, 0.4) is 0 Å². The van der Waals surface area contributed by atoms with Crippen molar-refractivity contribution in [1.82, 2.24) is 10.2 Å². The smallest absolute Gasteiger partial charge is 0.410 e. The first kappa shape index (κ1) is 18.2. The topological polar surface area (TPSA) is 60.0 Å². The Morgan fingerprint density at radius 1 is 1.33 bits per heavy atom. The molecule has 124 valence electrons. The molecule has 1 fully saturated rings. The monoisotopic (exact) mass is 302 g/mol. The second-order valence-corrected chi connectivity index (χ2v) is 6.62. The molecular formula is C15H30N2O4. The maximum atomic E-state index is 12.0. The van der Waals surface area contributed by atoms with Crippen molar-refractivity contribution in [2.45, 2.75) is 52.0 Å². The Bertz CT molecular complexity index is 326.